The Balaban J connectivity index is 1.22. The van der Waals surface area contributed by atoms with Gasteiger partial charge >= 0.3 is 0 Å². The molecule has 0 amide bonds. The number of anilines is 3. The number of hydrogen-bond acceptors (Lipinski definition) is 7. The van der Waals surface area contributed by atoms with Gasteiger partial charge in [-0.2, -0.15) is 9.97 Å². The first kappa shape index (κ1) is 20.3. The Bertz CT molecular complexity index is 637. The van der Waals surface area contributed by atoms with Crippen LogP contribution in [0, 0.1) is 0 Å². The van der Waals surface area contributed by atoms with Crippen LogP contribution < -0.4 is 20.0 Å². The predicted octanol–water partition coefficient (Wildman–Crippen LogP) is 0.719. The second-order valence-electron chi connectivity index (χ2n) is 9.11. The van der Waals surface area contributed by atoms with Gasteiger partial charge in [0.15, 0.2) is 0 Å². The zero-order valence-corrected chi connectivity index (χ0v) is 18.4. The van der Waals surface area contributed by atoms with Crippen LogP contribution in [-0.2, 0) is 0 Å². The second-order valence-corrected chi connectivity index (χ2v) is 9.11. The number of aromatic nitrogens is 2. The maximum Gasteiger partial charge on any atom is 0.229 e. The lowest BCUT2D eigenvalue weighted by molar-refractivity contribution is 0.182. The van der Waals surface area contributed by atoms with Crippen molar-refractivity contribution in [3.05, 3.63) is 6.07 Å². The summed E-state index contributed by atoms with van der Waals surface area (Å²) in [6.07, 6.45) is 5.08. The van der Waals surface area contributed by atoms with E-state index in [2.05, 4.69) is 35.9 Å². The zero-order valence-electron chi connectivity index (χ0n) is 18.4. The van der Waals surface area contributed by atoms with Crippen LogP contribution in [0.5, 0.6) is 0 Å². The van der Waals surface area contributed by atoms with Crippen molar-refractivity contribution >= 4 is 17.6 Å². The standard InChI is InChI=1S/C22H37N8/c1-2-8-28(7-1)20-19-21(25-22(24-20)30-9-3-4-10-30)29-17-15-27(16-18-29)14-13-26-11-5-23-6-12-26/h19H,1-18H2. The van der Waals surface area contributed by atoms with E-state index >= 15 is 0 Å². The van der Waals surface area contributed by atoms with E-state index < -0.39 is 0 Å². The number of piperazine rings is 2. The third-order valence-corrected chi connectivity index (χ3v) is 7.08. The summed E-state index contributed by atoms with van der Waals surface area (Å²) in [5.41, 5.74) is 0. The molecule has 4 saturated heterocycles. The highest BCUT2D eigenvalue weighted by atomic mass is 15.4. The maximum absolute atomic E-state index is 5.03. The molecule has 4 aliphatic rings. The molecule has 0 N–H and O–H groups in total. The predicted molar refractivity (Wildman–Crippen MR) is 122 cm³/mol. The van der Waals surface area contributed by atoms with E-state index in [0.717, 1.165) is 96.1 Å². The minimum atomic E-state index is 0.949. The Hall–Kier alpha value is -1.64. The van der Waals surface area contributed by atoms with E-state index in [-0.39, 0.29) is 0 Å². The first-order valence-corrected chi connectivity index (χ1v) is 12.1. The molecular weight excluding hydrogens is 376 g/mol. The van der Waals surface area contributed by atoms with E-state index in [1.807, 2.05) is 0 Å². The highest BCUT2D eigenvalue weighted by Crippen LogP contribution is 2.27. The van der Waals surface area contributed by atoms with Gasteiger partial charge in [0.1, 0.15) is 11.6 Å². The van der Waals surface area contributed by atoms with Crippen molar-refractivity contribution in [2.45, 2.75) is 25.7 Å². The second kappa shape index (κ2) is 9.66. The summed E-state index contributed by atoms with van der Waals surface area (Å²) in [5, 5.41) is 4.46. The van der Waals surface area contributed by atoms with Gasteiger partial charge in [-0.25, -0.2) is 5.32 Å². The fraction of sp³-hybridized carbons (Fsp3) is 0.818. The summed E-state index contributed by atoms with van der Waals surface area (Å²) in [6, 6.07) is 2.25. The van der Waals surface area contributed by atoms with Gasteiger partial charge in [-0.15, -0.1) is 0 Å². The molecule has 0 unspecified atom stereocenters. The molecule has 0 aliphatic carbocycles. The molecule has 1 aromatic heterocycles. The summed E-state index contributed by atoms with van der Waals surface area (Å²) in [4.78, 5) is 22.5. The molecule has 1 aromatic rings. The van der Waals surface area contributed by atoms with E-state index in [4.69, 9.17) is 9.97 Å². The SMILES string of the molecule is c1c(N2CCCC2)nc(N2CCCC2)nc1N1CCN(CCN2CC[N]CC2)CC1. The lowest BCUT2D eigenvalue weighted by Crippen LogP contribution is -2.50. The average molecular weight is 414 g/mol. The molecule has 5 rings (SSSR count). The zero-order chi connectivity index (χ0) is 20.2. The van der Waals surface area contributed by atoms with E-state index in [0.29, 0.717) is 0 Å². The summed E-state index contributed by atoms with van der Waals surface area (Å²) >= 11 is 0. The monoisotopic (exact) mass is 413 g/mol. The van der Waals surface area contributed by atoms with Crippen molar-refractivity contribution < 1.29 is 0 Å². The lowest BCUT2D eigenvalue weighted by Gasteiger charge is -2.37. The molecule has 165 valence electrons. The van der Waals surface area contributed by atoms with Crippen LogP contribution in [0.15, 0.2) is 6.07 Å². The maximum atomic E-state index is 5.03. The van der Waals surface area contributed by atoms with Crippen LogP contribution in [-0.4, -0.2) is 111 Å². The Kier molecular flexibility index (Phi) is 6.53. The third-order valence-electron chi connectivity index (χ3n) is 7.08. The van der Waals surface area contributed by atoms with Crippen LogP contribution in [0.2, 0.25) is 0 Å². The molecule has 0 aromatic carbocycles. The van der Waals surface area contributed by atoms with Crippen LogP contribution in [0.25, 0.3) is 0 Å². The molecule has 8 heteroatoms. The molecule has 4 fully saturated rings. The van der Waals surface area contributed by atoms with Crippen LogP contribution in [0.1, 0.15) is 25.7 Å². The van der Waals surface area contributed by atoms with E-state index in [1.165, 1.54) is 38.8 Å². The topological polar surface area (TPSA) is 56.1 Å². The van der Waals surface area contributed by atoms with Gasteiger partial charge in [0.25, 0.3) is 0 Å². The van der Waals surface area contributed by atoms with Gasteiger partial charge in [0.05, 0.1) is 0 Å². The minimum absolute atomic E-state index is 0.949. The highest BCUT2D eigenvalue weighted by Gasteiger charge is 2.24. The summed E-state index contributed by atoms with van der Waals surface area (Å²) in [5.74, 6) is 3.22. The molecule has 4 aliphatic heterocycles. The van der Waals surface area contributed by atoms with Crippen molar-refractivity contribution in [1.29, 1.82) is 0 Å². The van der Waals surface area contributed by atoms with Crippen molar-refractivity contribution in [3.63, 3.8) is 0 Å². The highest BCUT2D eigenvalue weighted by molar-refractivity contribution is 5.56. The quantitative estimate of drug-likeness (QED) is 0.681. The number of rotatable bonds is 6. The normalized spacial score (nSPS) is 24.2. The van der Waals surface area contributed by atoms with Crippen LogP contribution >= 0.6 is 0 Å². The Morgan fingerprint density at radius 2 is 1.07 bits per heavy atom. The van der Waals surface area contributed by atoms with Gasteiger partial charge < -0.3 is 14.7 Å². The molecule has 1 radical (unpaired) electrons. The smallest absolute Gasteiger partial charge is 0.229 e. The van der Waals surface area contributed by atoms with Crippen molar-refractivity contribution in [2.24, 2.45) is 0 Å². The Morgan fingerprint density at radius 3 is 1.67 bits per heavy atom. The van der Waals surface area contributed by atoms with Gasteiger partial charge in [-0.1, -0.05) is 0 Å². The molecular formula is C22H37N8. The molecule has 0 atom stereocenters. The van der Waals surface area contributed by atoms with Crippen molar-refractivity contribution in [2.75, 3.05) is 106 Å². The average Bonchev–Trinajstić information content (AvgIpc) is 3.53. The van der Waals surface area contributed by atoms with Gasteiger partial charge in [-0.3, -0.25) is 9.80 Å². The van der Waals surface area contributed by atoms with Gasteiger partial charge in [0, 0.05) is 97.7 Å². The third kappa shape index (κ3) is 4.81. The molecule has 8 nitrogen and oxygen atoms in total. The fourth-order valence-electron chi connectivity index (χ4n) is 5.09. The fourth-order valence-corrected chi connectivity index (χ4v) is 5.09. The molecule has 0 spiro atoms. The van der Waals surface area contributed by atoms with Crippen molar-refractivity contribution in [1.82, 2.24) is 25.1 Å². The number of nitrogens with zero attached hydrogens (tertiary/aromatic N) is 8. The number of hydrogen-bond donors (Lipinski definition) is 0. The first-order chi connectivity index (χ1) is 14.8. The minimum Gasteiger partial charge on any atom is -0.356 e. The lowest BCUT2D eigenvalue weighted by atomic mass is 10.3. The Labute approximate surface area is 181 Å². The molecule has 30 heavy (non-hydrogen) atoms. The van der Waals surface area contributed by atoms with E-state index in [1.54, 1.807) is 0 Å². The first-order valence-electron chi connectivity index (χ1n) is 12.1. The van der Waals surface area contributed by atoms with Gasteiger partial charge in [0.2, 0.25) is 5.95 Å². The summed E-state index contributed by atoms with van der Waals surface area (Å²) in [7, 11) is 0. The molecule has 0 bridgehead atoms. The molecule has 5 heterocycles. The van der Waals surface area contributed by atoms with E-state index in [9.17, 15) is 0 Å². The van der Waals surface area contributed by atoms with Crippen LogP contribution in [0.4, 0.5) is 17.6 Å². The Morgan fingerprint density at radius 1 is 0.567 bits per heavy atom. The molecule has 0 saturated carbocycles. The summed E-state index contributed by atoms with van der Waals surface area (Å²) < 4.78 is 0. The van der Waals surface area contributed by atoms with Gasteiger partial charge in [-0.05, 0) is 25.7 Å². The van der Waals surface area contributed by atoms with Crippen molar-refractivity contribution in [3.8, 4) is 0 Å². The van der Waals surface area contributed by atoms with Crippen LogP contribution in [0.3, 0.4) is 0 Å². The largest absolute Gasteiger partial charge is 0.356 e. The summed E-state index contributed by atoms with van der Waals surface area (Å²) in [6.45, 7) is 15.5.